The molecule has 1 amide bonds. The van der Waals surface area contributed by atoms with Gasteiger partial charge in [0.05, 0.1) is 7.11 Å². The Balaban J connectivity index is 1.76. The molecule has 0 radical (unpaired) electrons. The van der Waals surface area contributed by atoms with Crippen LogP contribution in [0.2, 0.25) is 0 Å². The molecule has 4 heteroatoms. The largest absolute Gasteiger partial charge is 0.497 e. The molecule has 0 saturated heterocycles. The molecule has 0 heterocycles. The van der Waals surface area contributed by atoms with Gasteiger partial charge in [0.15, 0.2) is 0 Å². The Bertz CT molecular complexity index is 685. The number of ether oxygens (including phenoxy) is 1. The van der Waals surface area contributed by atoms with Gasteiger partial charge in [0.25, 0.3) is 0 Å². The molecule has 23 heavy (non-hydrogen) atoms. The molecule has 0 spiro atoms. The van der Waals surface area contributed by atoms with Crippen molar-refractivity contribution in [1.82, 2.24) is 5.32 Å². The summed E-state index contributed by atoms with van der Waals surface area (Å²) in [7, 11) is 1.68. The lowest BCUT2D eigenvalue weighted by atomic mass is 9.87. The summed E-state index contributed by atoms with van der Waals surface area (Å²) in [5, 5.41) is 3.43. The van der Waals surface area contributed by atoms with Crippen LogP contribution in [0.1, 0.15) is 29.2 Å². The molecule has 120 valence electrons. The number of carbonyl (C=O) groups excluding carboxylic acids is 1. The van der Waals surface area contributed by atoms with Crippen LogP contribution in [0.25, 0.3) is 0 Å². The first-order chi connectivity index (χ1) is 11.2. The summed E-state index contributed by atoms with van der Waals surface area (Å²) in [5.74, 6) is 0.534. The fourth-order valence-electron chi connectivity index (χ4n) is 3.23. The number of aryl methyl sites for hydroxylation is 1. The molecule has 4 nitrogen and oxygen atoms in total. The molecule has 2 aromatic rings. The number of benzene rings is 2. The lowest BCUT2D eigenvalue weighted by Gasteiger charge is -2.29. The van der Waals surface area contributed by atoms with E-state index in [1.807, 2.05) is 36.4 Å². The molecule has 0 bridgehead atoms. The Kier molecular flexibility index (Phi) is 4.63. The number of nitrogens with one attached hydrogen (secondary N) is 1. The Morgan fingerprint density at radius 1 is 1.22 bits per heavy atom. The van der Waals surface area contributed by atoms with E-state index in [9.17, 15) is 4.79 Å². The molecule has 1 aliphatic rings. The Morgan fingerprint density at radius 3 is 2.70 bits per heavy atom. The number of primary amides is 1. The zero-order valence-corrected chi connectivity index (χ0v) is 13.3. The van der Waals surface area contributed by atoms with E-state index in [2.05, 4.69) is 17.4 Å². The predicted molar refractivity (Wildman–Crippen MR) is 90.3 cm³/mol. The summed E-state index contributed by atoms with van der Waals surface area (Å²) >= 11 is 0. The fourth-order valence-corrected chi connectivity index (χ4v) is 3.23. The van der Waals surface area contributed by atoms with Gasteiger partial charge in [0.1, 0.15) is 11.8 Å². The molecule has 1 aliphatic carbocycles. The first kappa shape index (κ1) is 15.6. The van der Waals surface area contributed by atoms with Crippen LogP contribution >= 0.6 is 0 Å². The van der Waals surface area contributed by atoms with Gasteiger partial charge in [0, 0.05) is 6.04 Å². The van der Waals surface area contributed by atoms with Gasteiger partial charge in [-0.3, -0.25) is 10.1 Å². The fraction of sp³-hybridized carbons (Fsp3) is 0.316. The topological polar surface area (TPSA) is 64.3 Å². The van der Waals surface area contributed by atoms with Crippen LogP contribution < -0.4 is 15.8 Å². The van der Waals surface area contributed by atoms with Crippen molar-refractivity contribution in [2.24, 2.45) is 5.73 Å². The van der Waals surface area contributed by atoms with Crippen LogP contribution in [0.3, 0.4) is 0 Å². The smallest absolute Gasteiger partial charge is 0.239 e. The van der Waals surface area contributed by atoms with Crippen LogP contribution in [0.4, 0.5) is 0 Å². The summed E-state index contributed by atoms with van der Waals surface area (Å²) in [6.45, 7) is 0. The van der Waals surface area contributed by atoms with Crippen molar-refractivity contribution in [3.63, 3.8) is 0 Å². The zero-order chi connectivity index (χ0) is 16.2. The van der Waals surface area contributed by atoms with Crippen LogP contribution in [-0.4, -0.2) is 19.1 Å². The van der Waals surface area contributed by atoms with Gasteiger partial charge in [-0.05, 0) is 48.1 Å². The van der Waals surface area contributed by atoms with Crippen molar-refractivity contribution < 1.29 is 9.53 Å². The van der Waals surface area contributed by atoms with Gasteiger partial charge in [-0.15, -0.1) is 0 Å². The maximum absolute atomic E-state index is 11.9. The number of rotatable bonds is 5. The molecule has 2 atom stereocenters. The zero-order valence-electron chi connectivity index (χ0n) is 13.3. The van der Waals surface area contributed by atoms with E-state index in [4.69, 9.17) is 10.5 Å². The molecular weight excluding hydrogens is 288 g/mol. The first-order valence-corrected chi connectivity index (χ1v) is 7.93. The predicted octanol–water partition coefficient (Wildman–Crippen LogP) is 2.37. The first-order valence-electron chi connectivity index (χ1n) is 7.93. The molecule has 0 aromatic heterocycles. The van der Waals surface area contributed by atoms with Crippen LogP contribution in [0.15, 0.2) is 48.5 Å². The minimum absolute atomic E-state index is 0.229. The van der Waals surface area contributed by atoms with E-state index in [0.717, 1.165) is 30.6 Å². The van der Waals surface area contributed by atoms with Gasteiger partial charge in [-0.25, -0.2) is 0 Å². The van der Waals surface area contributed by atoms with Crippen LogP contribution in [-0.2, 0) is 17.6 Å². The number of hydrogen-bond acceptors (Lipinski definition) is 3. The number of amides is 1. The second-order valence-electron chi connectivity index (χ2n) is 5.99. The van der Waals surface area contributed by atoms with Gasteiger partial charge < -0.3 is 10.5 Å². The second-order valence-corrected chi connectivity index (χ2v) is 5.99. The highest BCUT2D eigenvalue weighted by Crippen LogP contribution is 2.27. The van der Waals surface area contributed by atoms with E-state index in [1.165, 1.54) is 11.1 Å². The van der Waals surface area contributed by atoms with Crippen LogP contribution in [0.5, 0.6) is 5.75 Å². The molecule has 3 N–H and O–H groups in total. The SMILES string of the molecule is COc1ccc2c(c1)C[C@@H](N[C@@H](C(N)=O)c1ccccc1)CC2. The summed E-state index contributed by atoms with van der Waals surface area (Å²) < 4.78 is 5.31. The monoisotopic (exact) mass is 310 g/mol. The van der Waals surface area contributed by atoms with Crippen molar-refractivity contribution in [3.05, 3.63) is 65.2 Å². The molecule has 0 saturated carbocycles. The molecule has 2 aromatic carbocycles. The van der Waals surface area contributed by atoms with Gasteiger partial charge in [-0.2, -0.15) is 0 Å². The number of methoxy groups -OCH3 is 1. The van der Waals surface area contributed by atoms with Crippen molar-refractivity contribution in [1.29, 1.82) is 0 Å². The number of fused-ring (bicyclic) bond motifs is 1. The minimum Gasteiger partial charge on any atom is -0.497 e. The molecule has 0 aliphatic heterocycles. The Labute approximate surface area is 136 Å². The van der Waals surface area contributed by atoms with E-state index in [-0.39, 0.29) is 11.9 Å². The number of carbonyl (C=O) groups is 1. The van der Waals surface area contributed by atoms with Gasteiger partial charge in [0.2, 0.25) is 5.91 Å². The number of nitrogens with two attached hydrogens (primary N) is 1. The van der Waals surface area contributed by atoms with E-state index in [1.54, 1.807) is 7.11 Å². The maximum Gasteiger partial charge on any atom is 0.239 e. The molecule has 3 rings (SSSR count). The van der Waals surface area contributed by atoms with E-state index < -0.39 is 6.04 Å². The number of hydrogen-bond donors (Lipinski definition) is 2. The highest BCUT2D eigenvalue weighted by molar-refractivity contribution is 5.81. The summed E-state index contributed by atoms with van der Waals surface area (Å²) in [5.41, 5.74) is 9.16. The van der Waals surface area contributed by atoms with Crippen molar-refractivity contribution >= 4 is 5.91 Å². The summed E-state index contributed by atoms with van der Waals surface area (Å²) in [6, 6.07) is 15.7. The molecule has 0 fully saturated rings. The third-order valence-corrected chi connectivity index (χ3v) is 4.46. The van der Waals surface area contributed by atoms with Gasteiger partial charge >= 0.3 is 0 Å². The lowest BCUT2D eigenvalue weighted by Crippen LogP contribution is -2.42. The minimum atomic E-state index is -0.451. The molecular formula is C19H22N2O2. The Hall–Kier alpha value is -2.33. The normalized spacial score (nSPS) is 18.0. The maximum atomic E-state index is 11.9. The van der Waals surface area contributed by atoms with E-state index >= 15 is 0 Å². The van der Waals surface area contributed by atoms with Gasteiger partial charge in [-0.1, -0.05) is 36.4 Å². The quantitative estimate of drug-likeness (QED) is 0.891. The Morgan fingerprint density at radius 2 is 2.00 bits per heavy atom. The summed E-state index contributed by atoms with van der Waals surface area (Å²) in [6.07, 6.45) is 2.87. The van der Waals surface area contributed by atoms with E-state index in [0.29, 0.717) is 0 Å². The average molecular weight is 310 g/mol. The second kappa shape index (κ2) is 6.84. The standard InChI is InChI=1S/C19H22N2O2/c1-23-17-10-8-13-7-9-16(11-15(13)12-17)21-18(19(20)22)14-5-3-2-4-6-14/h2-6,8,10,12,16,18,21H,7,9,11H2,1H3,(H2,20,22)/t16-,18+/m0/s1. The van der Waals surface area contributed by atoms with Crippen LogP contribution in [0, 0.1) is 0 Å². The average Bonchev–Trinajstić information content (AvgIpc) is 2.59. The highest BCUT2D eigenvalue weighted by Gasteiger charge is 2.25. The lowest BCUT2D eigenvalue weighted by molar-refractivity contribution is -0.120. The summed E-state index contributed by atoms with van der Waals surface area (Å²) in [4.78, 5) is 11.9. The molecule has 0 unspecified atom stereocenters. The van der Waals surface area contributed by atoms with Crippen molar-refractivity contribution in [2.75, 3.05) is 7.11 Å². The third-order valence-electron chi connectivity index (χ3n) is 4.46. The third kappa shape index (κ3) is 3.54. The van der Waals surface area contributed by atoms with Crippen molar-refractivity contribution in [3.8, 4) is 5.75 Å². The van der Waals surface area contributed by atoms with Crippen molar-refractivity contribution in [2.45, 2.75) is 31.3 Å². The highest BCUT2D eigenvalue weighted by atomic mass is 16.5.